The molecule has 5 heteroatoms. The maximum atomic E-state index is 10.9. The highest BCUT2D eigenvalue weighted by molar-refractivity contribution is 7.91. The van der Waals surface area contributed by atoms with Crippen molar-refractivity contribution in [1.82, 2.24) is 4.90 Å². The lowest BCUT2D eigenvalue weighted by molar-refractivity contribution is -0.0220. The Hall–Kier alpha value is -0.130. The van der Waals surface area contributed by atoms with Gasteiger partial charge < -0.3 is 0 Å². The first-order valence-electron chi connectivity index (χ1n) is 3.10. The zero-order chi connectivity index (χ0) is 7.78. The average molecular weight is 164 g/mol. The van der Waals surface area contributed by atoms with Gasteiger partial charge in [-0.3, -0.25) is 4.90 Å². The molecule has 1 rings (SSSR count). The number of hydrogen-bond acceptors (Lipinski definition) is 3. The van der Waals surface area contributed by atoms with Gasteiger partial charge >= 0.3 is 0 Å². The smallest absolute Gasteiger partial charge is 0.247 e. The van der Waals surface area contributed by atoms with Gasteiger partial charge in [0.2, 0.25) is 5.56 Å². The van der Waals surface area contributed by atoms with Gasteiger partial charge in [-0.25, -0.2) is 8.42 Å². The Labute approximate surface area is 60.4 Å². The molecule has 1 aliphatic rings. The minimum absolute atomic E-state index is 0.626. The van der Waals surface area contributed by atoms with Crippen LogP contribution >= 0.6 is 0 Å². The van der Waals surface area contributed by atoms with Crippen molar-refractivity contribution in [3.05, 3.63) is 0 Å². The fourth-order valence-electron chi connectivity index (χ4n) is 0.822. The van der Waals surface area contributed by atoms with Crippen molar-refractivity contribution in [2.45, 2.75) is 12.0 Å². The zero-order valence-electron chi connectivity index (χ0n) is 5.78. The summed E-state index contributed by atoms with van der Waals surface area (Å²) >= 11 is 0. The highest BCUT2D eigenvalue weighted by Gasteiger charge is 2.30. The Morgan fingerprint density at radius 3 is 2.00 bits per heavy atom. The molecule has 0 aromatic heterocycles. The standard InChI is InChI=1S/C5H10NO3S/c1-10(8,9)5(7)6-3-2-4-6/h5H,2-4H2,1H3. The molecule has 1 fully saturated rings. The minimum Gasteiger partial charge on any atom is -0.263 e. The van der Waals surface area contributed by atoms with Crippen LogP contribution in [-0.2, 0) is 14.9 Å². The normalized spacial score (nSPS) is 23.8. The average Bonchev–Trinajstić information content (AvgIpc) is 1.57. The van der Waals surface area contributed by atoms with E-state index in [1.54, 1.807) is 0 Å². The van der Waals surface area contributed by atoms with Gasteiger partial charge in [-0.1, -0.05) is 0 Å². The molecule has 10 heavy (non-hydrogen) atoms. The van der Waals surface area contributed by atoms with Gasteiger partial charge in [0, 0.05) is 19.3 Å². The van der Waals surface area contributed by atoms with Crippen LogP contribution in [0.25, 0.3) is 0 Å². The summed E-state index contributed by atoms with van der Waals surface area (Å²) in [4.78, 5) is 1.41. The van der Waals surface area contributed by atoms with E-state index in [4.69, 9.17) is 0 Å². The van der Waals surface area contributed by atoms with Gasteiger partial charge in [-0.15, -0.1) is 0 Å². The molecule has 0 bridgehead atoms. The maximum Gasteiger partial charge on any atom is 0.247 e. The predicted octanol–water partition coefficient (Wildman–Crippen LogP) is -0.549. The van der Waals surface area contributed by atoms with Gasteiger partial charge in [0.25, 0.3) is 0 Å². The van der Waals surface area contributed by atoms with E-state index in [2.05, 4.69) is 0 Å². The lowest BCUT2D eigenvalue weighted by Gasteiger charge is -2.32. The third-order valence-electron chi connectivity index (χ3n) is 1.56. The summed E-state index contributed by atoms with van der Waals surface area (Å²) in [7, 11) is -3.39. The first kappa shape index (κ1) is 7.97. The molecule has 0 aromatic carbocycles. The Balaban J connectivity index is 2.56. The van der Waals surface area contributed by atoms with Crippen LogP contribution in [0.4, 0.5) is 0 Å². The lowest BCUT2D eigenvalue weighted by Crippen LogP contribution is -2.47. The van der Waals surface area contributed by atoms with Crippen LogP contribution in [-0.4, -0.2) is 38.2 Å². The SMILES string of the molecule is CS(=O)(=O)C([O])N1CCC1. The molecule has 0 aliphatic carbocycles. The molecular weight excluding hydrogens is 154 g/mol. The topological polar surface area (TPSA) is 57.3 Å². The molecule has 0 aromatic rings. The van der Waals surface area contributed by atoms with Crippen molar-refractivity contribution in [3.63, 3.8) is 0 Å². The van der Waals surface area contributed by atoms with Gasteiger partial charge in [0.15, 0.2) is 9.84 Å². The Kier molecular flexibility index (Phi) is 1.98. The number of rotatable bonds is 2. The largest absolute Gasteiger partial charge is 0.263 e. The summed E-state index contributed by atoms with van der Waals surface area (Å²) in [5.41, 5.74) is -1.53. The van der Waals surface area contributed by atoms with E-state index in [1.807, 2.05) is 0 Å². The van der Waals surface area contributed by atoms with Crippen molar-refractivity contribution in [3.8, 4) is 0 Å². The highest BCUT2D eigenvalue weighted by Crippen LogP contribution is 2.12. The molecule has 0 saturated carbocycles. The van der Waals surface area contributed by atoms with Gasteiger partial charge in [0.05, 0.1) is 0 Å². The Morgan fingerprint density at radius 2 is 1.90 bits per heavy atom. The van der Waals surface area contributed by atoms with Crippen molar-refractivity contribution in [1.29, 1.82) is 0 Å². The van der Waals surface area contributed by atoms with Crippen LogP contribution in [0.15, 0.2) is 0 Å². The summed E-state index contributed by atoms with van der Waals surface area (Å²) in [6, 6.07) is 0. The molecule has 0 amide bonds. The first-order valence-corrected chi connectivity index (χ1v) is 5.06. The second-order valence-corrected chi connectivity index (χ2v) is 4.59. The molecule has 1 saturated heterocycles. The molecule has 1 unspecified atom stereocenters. The van der Waals surface area contributed by atoms with Crippen molar-refractivity contribution < 1.29 is 13.5 Å². The molecule has 0 spiro atoms. The fraction of sp³-hybridized carbons (Fsp3) is 1.00. The second kappa shape index (κ2) is 2.48. The lowest BCUT2D eigenvalue weighted by atomic mass is 10.2. The van der Waals surface area contributed by atoms with Gasteiger partial charge in [0.1, 0.15) is 0 Å². The molecule has 59 valence electrons. The van der Waals surface area contributed by atoms with Crippen LogP contribution in [0, 0.1) is 0 Å². The minimum atomic E-state index is -3.39. The number of nitrogens with zero attached hydrogens (tertiary/aromatic N) is 1. The van der Waals surface area contributed by atoms with E-state index in [-0.39, 0.29) is 0 Å². The van der Waals surface area contributed by atoms with Crippen LogP contribution in [0.1, 0.15) is 6.42 Å². The quantitative estimate of drug-likeness (QED) is 0.550. The van der Waals surface area contributed by atoms with E-state index in [1.165, 1.54) is 4.90 Å². The van der Waals surface area contributed by atoms with Crippen LogP contribution in [0.5, 0.6) is 0 Å². The third-order valence-corrected chi connectivity index (χ3v) is 2.59. The highest BCUT2D eigenvalue weighted by atomic mass is 32.2. The summed E-state index contributed by atoms with van der Waals surface area (Å²) < 4.78 is 21.2. The maximum absolute atomic E-state index is 10.9. The summed E-state index contributed by atoms with van der Waals surface area (Å²) in [6.45, 7) is 1.25. The molecule has 1 atom stereocenters. The summed E-state index contributed by atoms with van der Waals surface area (Å²) in [5.74, 6) is 0. The van der Waals surface area contributed by atoms with Crippen LogP contribution in [0.2, 0.25) is 0 Å². The van der Waals surface area contributed by atoms with Crippen molar-refractivity contribution in [2.24, 2.45) is 0 Å². The van der Waals surface area contributed by atoms with Crippen LogP contribution < -0.4 is 0 Å². The number of sulfone groups is 1. The molecule has 4 nitrogen and oxygen atoms in total. The molecule has 0 N–H and O–H groups in total. The third kappa shape index (κ3) is 1.47. The monoisotopic (exact) mass is 164 g/mol. The van der Waals surface area contributed by atoms with E-state index in [9.17, 15) is 13.5 Å². The fourth-order valence-corrected chi connectivity index (χ4v) is 1.57. The molecular formula is C5H10NO3S. The van der Waals surface area contributed by atoms with E-state index < -0.39 is 15.4 Å². The van der Waals surface area contributed by atoms with E-state index in [0.29, 0.717) is 13.1 Å². The summed E-state index contributed by atoms with van der Waals surface area (Å²) in [5, 5.41) is 10.9. The van der Waals surface area contributed by atoms with E-state index >= 15 is 0 Å². The zero-order valence-corrected chi connectivity index (χ0v) is 6.60. The predicted molar refractivity (Wildman–Crippen MR) is 35.5 cm³/mol. The van der Waals surface area contributed by atoms with Crippen molar-refractivity contribution in [2.75, 3.05) is 19.3 Å². The number of likely N-dealkylation sites (tertiary alicyclic amines) is 1. The van der Waals surface area contributed by atoms with E-state index in [0.717, 1.165) is 12.7 Å². The summed E-state index contributed by atoms with van der Waals surface area (Å²) in [6.07, 6.45) is 1.91. The van der Waals surface area contributed by atoms with Crippen LogP contribution in [0.3, 0.4) is 0 Å². The Morgan fingerprint density at radius 1 is 1.40 bits per heavy atom. The molecule has 1 heterocycles. The molecule has 1 radical (unpaired) electrons. The number of hydrogen-bond donors (Lipinski definition) is 0. The first-order chi connectivity index (χ1) is 4.52. The molecule has 1 aliphatic heterocycles. The van der Waals surface area contributed by atoms with Gasteiger partial charge in [-0.05, 0) is 6.42 Å². The van der Waals surface area contributed by atoms with Gasteiger partial charge in [-0.2, -0.15) is 5.11 Å². The second-order valence-electron chi connectivity index (χ2n) is 2.53. The van der Waals surface area contributed by atoms with Crippen molar-refractivity contribution >= 4 is 9.84 Å². The Bertz CT molecular complexity index is 207.